The minimum Gasteiger partial charge on any atom is -0.508 e. The maximum absolute atomic E-state index is 15.3. The Morgan fingerprint density at radius 3 is 2.23 bits per heavy atom. The smallest absolute Gasteiger partial charge is 0.508 e. The van der Waals surface area contributed by atoms with Crippen LogP contribution < -0.4 is 14.5 Å². The summed E-state index contributed by atoms with van der Waals surface area (Å²) in [6, 6.07) is 24.4. The van der Waals surface area contributed by atoms with Crippen LogP contribution in [0.15, 0.2) is 113 Å². The number of amides is 4. The number of fused-ring (bicyclic) bond motifs is 4. The van der Waals surface area contributed by atoms with Crippen molar-refractivity contribution in [2.45, 2.75) is 30.5 Å². The summed E-state index contributed by atoms with van der Waals surface area (Å²) in [4.78, 5) is 60.7. The number of aromatic hydroxyl groups is 1. The number of halogens is 5. The van der Waals surface area contributed by atoms with E-state index in [1.807, 2.05) is 0 Å². The van der Waals surface area contributed by atoms with Crippen molar-refractivity contribution in [1.82, 2.24) is 0 Å². The monoisotopic (exact) mass is 790 g/mol. The predicted octanol–water partition coefficient (Wildman–Crippen LogP) is 8.07. The van der Waals surface area contributed by atoms with Crippen LogP contribution in [0.1, 0.15) is 29.9 Å². The minimum absolute atomic E-state index is 0.0350. The third-order valence-corrected chi connectivity index (χ3v) is 11.6. The van der Waals surface area contributed by atoms with Crippen LogP contribution in [0.25, 0.3) is 0 Å². The van der Waals surface area contributed by atoms with Gasteiger partial charge in [0.15, 0.2) is 0 Å². The summed E-state index contributed by atoms with van der Waals surface area (Å²) < 4.78 is 45.7. The van der Waals surface area contributed by atoms with E-state index in [-0.39, 0.29) is 29.1 Å². The SMILES string of the molecule is O=C1[C@H]2[C@H](CC=C3[C@H]2C[C@H]2C(=O)N(c4cccc(Cl)c4)C(=O)[C@@]2(c2ccccc2)[C@H]3c2cc(OC(F)(F)F)ccc2O)C(=O)N1c1ccc(Br)cc1. The summed E-state index contributed by atoms with van der Waals surface area (Å²) >= 11 is 9.70. The van der Waals surface area contributed by atoms with Crippen LogP contribution in [0.2, 0.25) is 5.02 Å². The zero-order chi connectivity index (χ0) is 36.7. The van der Waals surface area contributed by atoms with Gasteiger partial charge in [-0.1, -0.05) is 75.6 Å². The van der Waals surface area contributed by atoms with Gasteiger partial charge >= 0.3 is 6.36 Å². The van der Waals surface area contributed by atoms with Gasteiger partial charge in [0.25, 0.3) is 0 Å². The van der Waals surface area contributed by atoms with Crippen LogP contribution >= 0.6 is 27.5 Å². The van der Waals surface area contributed by atoms with Gasteiger partial charge in [0.2, 0.25) is 23.6 Å². The van der Waals surface area contributed by atoms with E-state index < -0.39 is 76.5 Å². The number of ether oxygens (including phenoxy) is 1. The lowest BCUT2D eigenvalue weighted by atomic mass is 9.49. The number of carbonyl (C=O) groups is 4. The molecule has 4 aromatic carbocycles. The van der Waals surface area contributed by atoms with Gasteiger partial charge in [-0.15, -0.1) is 13.2 Å². The summed E-state index contributed by atoms with van der Waals surface area (Å²) in [5.74, 6) is -8.25. The van der Waals surface area contributed by atoms with E-state index in [1.165, 1.54) is 6.07 Å². The lowest BCUT2D eigenvalue weighted by Crippen LogP contribution is -2.53. The van der Waals surface area contributed by atoms with Gasteiger partial charge in [-0.05, 0) is 85.0 Å². The molecule has 2 aliphatic heterocycles. The number of hydrogen-bond donors (Lipinski definition) is 1. The first-order chi connectivity index (χ1) is 24.8. The first-order valence-corrected chi connectivity index (χ1v) is 17.6. The Morgan fingerprint density at radius 1 is 0.808 bits per heavy atom. The molecule has 3 fully saturated rings. The number of hydrogen-bond acceptors (Lipinski definition) is 6. The van der Waals surface area contributed by atoms with Crippen molar-refractivity contribution in [2.75, 3.05) is 9.80 Å². The number of carbonyl (C=O) groups excluding carboxylic acids is 4. The Bertz CT molecular complexity index is 2200. The lowest BCUT2D eigenvalue weighted by molar-refractivity contribution is -0.274. The van der Waals surface area contributed by atoms with Crippen LogP contribution in [0, 0.1) is 23.7 Å². The number of allylic oxidation sites excluding steroid dienone is 2. The van der Waals surface area contributed by atoms with Crippen LogP contribution in [0.4, 0.5) is 24.5 Å². The summed E-state index contributed by atoms with van der Waals surface area (Å²) in [5, 5.41) is 11.8. The molecule has 1 N–H and O–H groups in total. The maximum atomic E-state index is 15.3. The third kappa shape index (κ3) is 5.17. The number of phenolic OH excluding ortho intramolecular Hbond substituents is 1. The van der Waals surface area contributed by atoms with Crippen LogP contribution in [-0.2, 0) is 24.6 Å². The Labute approximate surface area is 308 Å². The van der Waals surface area contributed by atoms with E-state index in [2.05, 4.69) is 20.7 Å². The largest absolute Gasteiger partial charge is 0.573 e. The van der Waals surface area contributed by atoms with Crippen LogP contribution in [-0.4, -0.2) is 35.1 Å². The van der Waals surface area contributed by atoms with Gasteiger partial charge in [0, 0.05) is 21.0 Å². The first kappa shape index (κ1) is 34.2. The van der Waals surface area contributed by atoms with E-state index in [0.29, 0.717) is 16.8 Å². The highest BCUT2D eigenvalue weighted by Crippen LogP contribution is 2.65. The van der Waals surface area contributed by atoms with Crippen LogP contribution in [0.3, 0.4) is 0 Å². The Morgan fingerprint density at radius 2 is 1.54 bits per heavy atom. The topological polar surface area (TPSA) is 104 Å². The van der Waals surface area contributed by atoms with Gasteiger partial charge in [0.1, 0.15) is 11.5 Å². The molecule has 8 rings (SSSR count). The molecule has 0 radical (unpaired) electrons. The van der Waals surface area contributed by atoms with Crippen LogP contribution in [0.5, 0.6) is 11.5 Å². The zero-order valence-electron chi connectivity index (χ0n) is 26.9. The summed E-state index contributed by atoms with van der Waals surface area (Å²) in [6.45, 7) is 0. The van der Waals surface area contributed by atoms with Crippen molar-refractivity contribution >= 4 is 62.5 Å². The van der Waals surface area contributed by atoms with Gasteiger partial charge in [-0.3, -0.25) is 24.1 Å². The summed E-state index contributed by atoms with van der Waals surface area (Å²) in [6.07, 6.45) is -3.27. The molecule has 0 bridgehead atoms. The average Bonchev–Trinajstić information content (AvgIpc) is 3.50. The number of imide groups is 2. The van der Waals surface area contributed by atoms with E-state index >= 15 is 4.79 Å². The number of alkyl halides is 3. The molecule has 4 aromatic rings. The zero-order valence-corrected chi connectivity index (χ0v) is 29.2. The van der Waals surface area contributed by atoms with E-state index in [0.717, 1.165) is 32.5 Å². The lowest BCUT2D eigenvalue weighted by Gasteiger charge is -2.50. The molecule has 1 saturated carbocycles. The maximum Gasteiger partial charge on any atom is 0.573 e. The quantitative estimate of drug-likeness (QED) is 0.162. The number of nitrogens with zero attached hydrogens (tertiary/aromatic N) is 2. The van der Waals surface area contributed by atoms with Crippen molar-refractivity contribution in [3.63, 3.8) is 0 Å². The fraction of sp³-hybridized carbons (Fsp3) is 0.231. The highest BCUT2D eigenvalue weighted by Gasteiger charge is 2.70. The second kappa shape index (κ2) is 12.3. The first-order valence-electron chi connectivity index (χ1n) is 16.4. The molecular formula is C39H27BrClF3N2O6. The van der Waals surface area contributed by atoms with Crippen molar-refractivity contribution in [2.24, 2.45) is 23.7 Å². The molecule has 6 atom stereocenters. The van der Waals surface area contributed by atoms with Crippen molar-refractivity contribution in [1.29, 1.82) is 0 Å². The molecule has 0 aromatic heterocycles. The average molecular weight is 792 g/mol. The highest BCUT2D eigenvalue weighted by molar-refractivity contribution is 9.10. The number of phenols is 1. The molecule has 8 nitrogen and oxygen atoms in total. The fourth-order valence-corrected chi connectivity index (χ4v) is 9.34. The standard InChI is InChI=1S/C39H27BrClF3N2O6/c40-21-9-11-23(12-10-21)45-34(48)27-15-14-26-28(32(27)36(45)50)19-30-35(49)46(24-8-4-7-22(41)17-24)37(51)38(30,20-5-2-1-3-6-20)33(26)29-18-25(13-16-31(29)47)52-39(42,43)44/h1-14,16-18,27-28,30,32-33,47H,15,19H2/t27-,28+,30-,32-,33+,38+/m0/s1. The molecule has 2 heterocycles. The predicted molar refractivity (Wildman–Crippen MR) is 188 cm³/mol. The van der Waals surface area contributed by atoms with Gasteiger partial charge in [0.05, 0.1) is 34.5 Å². The molecule has 0 spiro atoms. The van der Waals surface area contributed by atoms with Gasteiger partial charge in [-0.25, -0.2) is 4.90 Å². The Kier molecular flexibility index (Phi) is 8.11. The number of rotatable bonds is 5. The van der Waals surface area contributed by atoms with E-state index in [9.17, 15) is 32.7 Å². The minimum atomic E-state index is -5.07. The van der Waals surface area contributed by atoms with Crippen molar-refractivity contribution in [3.05, 3.63) is 129 Å². The normalized spacial score (nSPS) is 26.9. The number of benzene rings is 4. The molecule has 2 aliphatic carbocycles. The molecule has 4 aliphatic rings. The molecule has 4 amide bonds. The van der Waals surface area contributed by atoms with Gasteiger partial charge in [-0.2, -0.15) is 0 Å². The Hall–Kier alpha value is -4.94. The van der Waals surface area contributed by atoms with Gasteiger partial charge < -0.3 is 9.84 Å². The highest BCUT2D eigenvalue weighted by atomic mass is 79.9. The summed E-state index contributed by atoms with van der Waals surface area (Å²) in [5.41, 5.74) is -0.487. The Balaban J connectivity index is 1.37. The van der Waals surface area contributed by atoms with E-state index in [1.54, 1.807) is 78.9 Å². The van der Waals surface area contributed by atoms with E-state index in [4.69, 9.17) is 11.6 Å². The second-order valence-corrected chi connectivity index (χ2v) is 14.7. The molecule has 264 valence electrons. The molecule has 2 saturated heterocycles. The second-order valence-electron chi connectivity index (χ2n) is 13.4. The fourth-order valence-electron chi connectivity index (χ4n) is 8.89. The molecule has 13 heteroatoms. The molecule has 0 unspecified atom stereocenters. The summed E-state index contributed by atoms with van der Waals surface area (Å²) in [7, 11) is 0. The third-order valence-electron chi connectivity index (χ3n) is 10.8. The number of anilines is 2. The van der Waals surface area contributed by atoms with Crippen molar-refractivity contribution in [3.8, 4) is 11.5 Å². The molecular weight excluding hydrogens is 765 g/mol. The van der Waals surface area contributed by atoms with Crippen molar-refractivity contribution < 1.29 is 42.2 Å². The molecule has 52 heavy (non-hydrogen) atoms.